The molecule has 0 aromatic rings. The van der Waals surface area contributed by atoms with Gasteiger partial charge in [0.1, 0.15) is 0 Å². The normalized spacial score (nSPS) is 51.0. The number of aliphatic hydroxyl groups excluding tert-OH is 2. The highest BCUT2D eigenvalue weighted by atomic mass is 16.3. The van der Waals surface area contributed by atoms with Crippen molar-refractivity contribution in [2.75, 3.05) is 0 Å². The van der Waals surface area contributed by atoms with Crippen LogP contribution in [0.5, 0.6) is 0 Å². The summed E-state index contributed by atoms with van der Waals surface area (Å²) in [6, 6.07) is 0. The van der Waals surface area contributed by atoms with E-state index in [-0.39, 0.29) is 16.7 Å². The highest BCUT2D eigenvalue weighted by Gasteiger charge is 2.66. The second-order valence-corrected chi connectivity index (χ2v) is 8.87. The molecule has 2 fully saturated rings. The Labute approximate surface area is 134 Å². The zero-order valence-electron chi connectivity index (χ0n) is 14.4. The Hall–Kier alpha value is -0.600. The highest BCUT2D eigenvalue weighted by molar-refractivity contribution is 5.41. The van der Waals surface area contributed by atoms with Gasteiger partial charge in [-0.05, 0) is 64.2 Å². The van der Waals surface area contributed by atoms with Gasteiger partial charge < -0.3 is 10.2 Å². The number of hydrogen-bond donors (Lipinski definition) is 2. The van der Waals surface area contributed by atoms with Gasteiger partial charge in [-0.2, -0.15) is 0 Å². The molecule has 0 radical (unpaired) electrons. The molecular weight excluding hydrogens is 272 g/mol. The standard InChI is InChI=1S/C20H30O2/c1-11-5-7-14-12(2)6-8-15-16(21)18(22)19(3)10-9-13(11)17(19)20(14,15)4/h15-18,21-22H,5-10H2,1-4H3/t15-,16-,17-,18-,19+,20+/m0/s1. The van der Waals surface area contributed by atoms with Gasteiger partial charge in [-0.25, -0.2) is 0 Å². The smallest absolute Gasteiger partial charge is 0.0861 e. The van der Waals surface area contributed by atoms with Crippen molar-refractivity contribution >= 4 is 0 Å². The van der Waals surface area contributed by atoms with Crippen molar-refractivity contribution in [1.29, 1.82) is 0 Å². The maximum Gasteiger partial charge on any atom is 0.0861 e. The van der Waals surface area contributed by atoms with E-state index < -0.39 is 12.2 Å². The first-order chi connectivity index (χ1) is 10.3. The van der Waals surface area contributed by atoms with Gasteiger partial charge in [-0.15, -0.1) is 0 Å². The van der Waals surface area contributed by atoms with Crippen LogP contribution in [0.4, 0.5) is 0 Å². The highest BCUT2D eigenvalue weighted by Crippen LogP contribution is 2.69. The third kappa shape index (κ3) is 1.54. The maximum atomic E-state index is 10.9. The van der Waals surface area contributed by atoms with Crippen LogP contribution in [0, 0.1) is 22.7 Å². The number of aliphatic hydroxyl groups is 2. The summed E-state index contributed by atoms with van der Waals surface area (Å²) < 4.78 is 0. The molecule has 2 N–H and O–H groups in total. The van der Waals surface area contributed by atoms with Gasteiger partial charge in [0.15, 0.2) is 0 Å². The molecule has 2 nitrogen and oxygen atoms in total. The van der Waals surface area contributed by atoms with Gasteiger partial charge in [0.05, 0.1) is 12.2 Å². The third-order valence-corrected chi connectivity index (χ3v) is 8.02. The van der Waals surface area contributed by atoms with Crippen LogP contribution in [0.1, 0.15) is 66.2 Å². The Morgan fingerprint density at radius 2 is 1.68 bits per heavy atom. The molecule has 4 rings (SSSR count). The third-order valence-electron chi connectivity index (χ3n) is 8.02. The predicted molar refractivity (Wildman–Crippen MR) is 88.3 cm³/mol. The monoisotopic (exact) mass is 302 g/mol. The summed E-state index contributed by atoms with van der Waals surface area (Å²) in [5.74, 6) is 0.648. The molecule has 0 amide bonds. The Morgan fingerprint density at radius 3 is 2.41 bits per heavy atom. The largest absolute Gasteiger partial charge is 0.390 e. The molecular formula is C20H30O2. The van der Waals surface area contributed by atoms with Crippen LogP contribution in [0.15, 0.2) is 22.3 Å². The lowest BCUT2D eigenvalue weighted by Gasteiger charge is -2.60. The lowest BCUT2D eigenvalue weighted by atomic mass is 9.45. The molecule has 6 atom stereocenters. The van der Waals surface area contributed by atoms with Crippen LogP contribution in [0.2, 0.25) is 0 Å². The van der Waals surface area contributed by atoms with Crippen molar-refractivity contribution in [2.24, 2.45) is 22.7 Å². The van der Waals surface area contributed by atoms with Gasteiger partial charge in [0, 0.05) is 10.8 Å². The second-order valence-electron chi connectivity index (χ2n) is 8.87. The first kappa shape index (κ1) is 15.0. The fourth-order valence-corrected chi connectivity index (χ4v) is 6.90. The van der Waals surface area contributed by atoms with E-state index in [1.807, 2.05) is 0 Å². The molecule has 0 aromatic carbocycles. The molecule has 0 saturated heterocycles. The van der Waals surface area contributed by atoms with Crippen LogP contribution in [0.3, 0.4) is 0 Å². The number of hydrogen-bond acceptors (Lipinski definition) is 2. The van der Waals surface area contributed by atoms with E-state index in [2.05, 4.69) is 27.7 Å². The van der Waals surface area contributed by atoms with Crippen LogP contribution in [0.25, 0.3) is 0 Å². The average molecular weight is 302 g/mol. The van der Waals surface area contributed by atoms with E-state index in [1.54, 1.807) is 22.3 Å². The molecule has 0 aliphatic heterocycles. The Kier molecular flexibility index (Phi) is 3.05. The minimum atomic E-state index is -0.571. The fourth-order valence-electron chi connectivity index (χ4n) is 6.90. The van der Waals surface area contributed by atoms with E-state index in [0.29, 0.717) is 5.92 Å². The molecule has 0 heterocycles. The van der Waals surface area contributed by atoms with Crippen molar-refractivity contribution in [3.05, 3.63) is 22.3 Å². The summed E-state index contributed by atoms with van der Waals surface area (Å²) in [5, 5.41) is 21.9. The molecule has 4 aliphatic carbocycles. The summed E-state index contributed by atoms with van der Waals surface area (Å²) in [6.07, 6.45) is 5.46. The van der Waals surface area contributed by atoms with Crippen LogP contribution < -0.4 is 0 Å². The SMILES string of the molecule is CC1=C2CC[C@@]3(C)[C@@H](O)[C@@H](O)[C@@H]4CCC(C)=C(CC1)[C@@]4(C)[C@@H]23. The van der Waals surface area contributed by atoms with Crippen molar-refractivity contribution in [3.63, 3.8) is 0 Å². The van der Waals surface area contributed by atoms with Crippen molar-refractivity contribution in [3.8, 4) is 0 Å². The van der Waals surface area contributed by atoms with Gasteiger partial charge in [0.25, 0.3) is 0 Å². The molecule has 0 spiro atoms. The average Bonchev–Trinajstić information content (AvgIpc) is 2.78. The minimum absolute atomic E-state index is 0.0549. The molecule has 122 valence electrons. The molecule has 4 aliphatic rings. The van der Waals surface area contributed by atoms with Gasteiger partial charge in [-0.3, -0.25) is 0 Å². The van der Waals surface area contributed by atoms with E-state index >= 15 is 0 Å². The molecule has 0 bridgehead atoms. The first-order valence-electron chi connectivity index (χ1n) is 9.05. The van der Waals surface area contributed by atoms with Crippen LogP contribution in [-0.2, 0) is 0 Å². The number of allylic oxidation sites excluding steroid dienone is 4. The van der Waals surface area contributed by atoms with E-state index in [0.717, 1.165) is 32.1 Å². The summed E-state index contributed by atoms with van der Waals surface area (Å²) in [7, 11) is 0. The van der Waals surface area contributed by atoms with E-state index in [9.17, 15) is 10.2 Å². The molecule has 22 heavy (non-hydrogen) atoms. The molecule has 2 heteroatoms. The fraction of sp³-hybridized carbons (Fsp3) is 0.800. The Balaban J connectivity index is 2.00. The summed E-state index contributed by atoms with van der Waals surface area (Å²) >= 11 is 0. The van der Waals surface area contributed by atoms with E-state index in [4.69, 9.17) is 0 Å². The molecule has 0 unspecified atom stereocenters. The lowest BCUT2D eigenvalue weighted by molar-refractivity contribution is -0.178. The molecule has 2 saturated carbocycles. The first-order valence-corrected chi connectivity index (χ1v) is 9.05. The Morgan fingerprint density at radius 1 is 0.955 bits per heavy atom. The van der Waals surface area contributed by atoms with Crippen LogP contribution >= 0.6 is 0 Å². The predicted octanol–water partition coefficient (Wildman–Crippen LogP) is 3.98. The summed E-state index contributed by atoms with van der Waals surface area (Å²) in [5.41, 5.74) is 6.25. The van der Waals surface area contributed by atoms with Gasteiger partial charge in [0.2, 0.25) is 0 Å². The lowest BCUT2D eigenvalue weighted by Crippen LogP contribution is -2.62. The number of rotatable bonds is 0. The van der Waals surface area contributed by atoms with Crippen molar-refractivity contribution in [2.45, 2.75) is 78.4 Å². The summed E-state index contributed by atoms with van der Waals surface area (Å²) in [4.78, 5) is 0. The second kappa shape index (κ2) is 4.48. The quantitative estimate of drug-likeness (QED) is 0.664. The van der Waals surface area contributed by atoms with E-state index in [1.165, 1.54) is 6.42 Å². The van der Waals surface area contributed by atoms with Gasteiger partial charge >= 0.3 is 0 Å². The van der Waals surface area contributed by atoms with Crippen LogP contribution in [-0.4, -0.2) is 22.4 Å². The molecule has 0 aromatic heterocycles. The topological polar surface area (TPSA) is 40.5 Å². The van der Waals surface area contributed by atoms with Gasteiger partial charge in [-0.1, -0.05) is 36.1 Å². The minimum Gasteiger partial charge on any atom is -0.390 e. The zero-order valence-corrected chi connectivity index (χ0v) is 14.4. The zero-order chi connectivity index (χ0) is 15.9. The van der Waals surface area contributed by atoms with Crippen molar-refractivity contribution in [1.82, 2.24) is 0 Å². The maximum absolute atomic E-state index is 10.9. The summed E-state index contributed by atoms with van der Waals surface area (Å²) in [6.45, 7) is 9.27. The van der Waals surface area contributed by atoms with Crippen molar-refractivity contribution < 1.29 is 10.2 Å². The Bertz CT molecular complexity index is 587.